The van der Waals surface area contributed by atoms with Gasteiger partial charge < -0.3 is 4.74 Å². The van der Waals surface area contributed by atoms with Crippen molar-refractivity contribution < 1.29 is 35.1 Å². The van der Waals surface area contributed by atoms with Crippen LogP contribution in [0.25, 0.3) is 22.3 Å². The van der Waals surface area contributed by atoms with Crippen LogP contribution in [0.5, 0.6) is 5.75 Å². The third-order valence-electron chi connectivity index (χ3n) is 4.26. The summed E-state index contributed by atoms with van der Waals surface area (Å²) in [6, 6.07) is 6.71. The number of hydrogen-bond donors (Lipinski definition) is 0. The van der Waals surface area contributed by atoms with Gasteiger partial charge in [0.2, 0.25) is 0 Å². The lowest BCUT2D eigenvalue weighted by Gasteiger charge is -2.15. The quantitative estimate of drug-likeness (QED) is 0.514. The standard InChI is InChI=1S/C20H14F5NO3S/c1-11-3-4-12(7-18(11)29-20(23,24)25)13-5-6-26-10-15(13)14-8-17(22)19(9-16(14)21)30(2,27)28/h3-10H,1-2H3. The van der Waals surface area contributed by atoms with Gasteiger partial charge in [-0.2, -0.15) is 0 Å². The van der Waals surface area contributed by atoms with E-state index in [1.807, 2.05) is 0 Å². The molecule has 0 unspecified atom stereocenters. The molecular weight excluding hydrogens is 429 g/mol. The Hall–Kier alpha value is -3.01. The van der Waals surface area contributed by atoms with Crippen molar-refractivity contribution in [3.63, 3.8) is 0 Å². The molecule has 0 saturated carbocycles. The van der Waals surface area contributed by atoms with E-state index in [0.717, 1.165) is 12.3 Å². The molecule has 0 radical (unpaired) electrons. The van der Waals surface area contributed by atoms with Gasteiger partial charge in [-0.25, -0.2) is 17.2 Å². The van der Waals surface area contributed by atoms with Crippen molar-refractivity contribution in [2.75, 3.05) is 6.26 Å². The molecule has 4 nitrogen and oxygen atoms in total. The van der Waals surface area contributed by atoms with Crippen molar-refractivity contribution in [1.82, 2.24) is 4.98 Å². The van der Waals surface area contributed by atoms with E-state index in [9.17, 15) is 30.4 Å². The van der Waals surface area contributed by atoms with E-state index in [2.05, 4.69) is 9.72 Å². The SMILES string of the molecule is Cc1ccc(-c2ccncc2-c2cc(F)c(S(C)(=O)=O)cc2F)cc1OC(F)(F)F. The van der Waals surface area contributed by atoms with Gasteiger partial charge in [0.05, 0.1) is 0 Å². The topological polar surface area (TPSA) is 56.3 Å². The second-order valence-electron chi connectivity index (χ2n) is 6.48. The van der Waals surface area contributed by atoms with Crippen LogP contribution in [0.2, 0.25) is 0 Å². The van der Waals surface area contributed by atoms with E-state index in [4.69, 9.17) is 0 Å². The fraction of sp³-hybridized carbons (Fsp3) is 0.150. The summed E-state index contributed by atoms with van der Waals surface area (Å²) in [6.45, 7) is 1.43. The minimum Gasteiger partial charge on any atom is -0.405 e. The molecule has 0 fully saturated rings. The molecule has 0 aliphatic rings. The number of sulfone groups is 1. The van der Waals surface area contributed by atoms with Crippen LogP contribution in [0.3, 0.4) is 0 Å². The summed E-state index contributed by atoms with van der Waals surface area (Å²) in [5.74, 6) is -2.62. The zero-order valence-electron chi connectivity index (χ0n) is 15.6. The minimum absolute atomic E-state index is 0.0655. The first-order chi connectivity index (χ1) is 13.9. The van der Waals surface area contributed by atoms with Crippen LogP contribution in [0.15, 0.2) is 53.7 Å². The number of ether oxygens (including phenoxy) is 1. The molecule has 30 heavy (non-hydrogen) atoms. The molecule has 0 saturated heterocycles. The molecule has 1 aromatic heterocycles. The maximum atomic E-state index is 14.7. The molecule has 0 bridgehead atoms. The zero-order valence-corrected chi connectivity index (χ0v) is 16.4. The number of pyridine rings is 1. The average Bonchev–Trinajstić information content (AvgIpc) is 2.63. The van der Waals surface area contributed by atoms with E-state index in [1.54, 1.807) is 0 Å². The van der Waals surface area contributed by atoms with Gasteiger partial charge in [0, 0.05) is 29.8 Å². The lowest BCUT2D eigenvalue weighted by molar-refractivity contribution is -0.274. The number of aromatic nitrogens is 1. The normalized spacial score (nSPS) is 12.1. The summed E-state index contributed by atoms with van der Waals surface area (Å²) in [5, 5.41) is 0. The van der Waals surface area contributed by atoms with Gasteiger partial charge >= 0.3 is 6.36 Å². The van der Waals surface area contributed by atoms with Crippen LogP contribution in [0, 0.1) is 18.6 Å². The predicted octanol–water partition coefficient (Wildman–Crippen LogP) is 5.30. The monoisotopic (exact) mass is 443 g/mol. The fourth-order valence-electron chi connectivity index (χ4n) is 2.88. The summed E-state index contributed by atoms with van der Waals surface area (Å²) in [7, 11) is -4.00. The molecule has 158 valence electrons. The maximum Gasteiger partial charge on any atom is 0.573 e. The molecule has 2 aromatic carbocycles. The van der Waals surface area contributed by atoms with Gasteiger partial charge in [-0.1, -0.05) is 12.1 Å². The van der Waals surface area contributed by atoms with Crippen molar-refractivity contribution in [2.45, 2.75) is 18.2 Å². The van der Waals surface area contributed by atoms with Crippen LogP contribution in [-0.4, -0.2) is 26.0 Å². The van der Waals surface area contributed by atoms with Crippen molar-refractivity contribution in [2.24, 2.45) is 0 Å². The van der Waals surface area contributed by atoms with Crippen LogP contribution in [0.1, 0.15) is 5.56 Å². The number of nitrogens with zero attached hydrogens (tertiary/aromatic N) is 1. The number of rotatable bonds is 4. The molecule has 0 aliphatic heterocycles. The Labute approximate surface area is 168 Å². The van der Waals surface area contributed by atoms with E-state index < -0.39 is 38.5 Å². The number of halogens is 5. The second-order valence-corrected chi connectivity index (χ2v) is 8.47. The van der Waals surface area contributed by atoms with Gasteiger partial charge in [0.25, 0.3) is 0 Å². The van der Waals surface area contributed by atoms with E-state index in [1.165, 1.54) is 37.5 Å². The highest BCUT2D eigenvalue weighted by Crippen LogP contribution is 2.37. The highest BCUT2D eigenvalue weighted by molar-refractivity contribution is 7.90. The smallest absolute Gasteiger partial charge is 0.405 e. The minimum atomic E-state index is -4.90. The van der Waals surface area contributed by atoms with Crippen molar-refractivity contribution in [1.29, 1.82) is 0 Å². The summed E-state index contributed by atoms with van der Waals surface area (Å²) in [5.41, 5.74) is 0.491. The number of aryl methyl sites for hydroxylation is 1. The number of alkyl halides is 3. The molecule has 0 atom stereocenters. The maximum absolute atomic E-state index is 14.7. The molecule has 0 spiro atoms. The number of benzene rings is 2. The highest BCUT2D eigenvalue weighted by Gasteiger charge is 2.32. The van der Waals surface area contributed by atoms with Gasteiger partial charge in [0.1, 0.15) is 22.3 Å². The molecule has 0 aliphatic carbocycles. The number of hydrogen-bond acceptors (Lipinski definition) is 4. The highest BCUT2D eigenvalue weighted by atomic mass is 32.2. The Balaban J connectivity index is 2.18. The molecule has 3 rings (SSSR count). The summed E-state index contributed by atoms with van der Waals surface area (Å²) < 4.78 is 94.2. The largest absolute Gasteiger partial charge is 0.573 e. The first-order valence-electron chi connectivity index (χ1n) is 8.37. The third kappa shape index (κ3) is 4.59. The Morgan fingerprint density at radius 3 is 2.27 bits per heavy atom. The van der Waals surface area contributed by atoms with Gasteiger partial charge in [0.15, 0.2) is 9.84 Å². The Kier molecular flexibility index (Phi) is 5.55. The van der Waals surface area contributed by atoms with Crippen molar-refractivity contribution in [3.8, 4) is 28.0 Å². The molecule has 0 amide bonds. The van der Waals surface area contributed by atoms with Crippen LogP contribution < -0.4 is 4.74 Å². The Morgan fingerprint density at radius 1 is 0.933 bits per heavy atom. The lowest BCUT2D eigenvalue weighted by atomic mass is 9.95. The van der Waals surface area contributed by atoms with Crippen LogP contribution >= 0.6 is 0 Å². The van der Waals surface area contributed by atoms with Crippen LogP contribution in [-0.2, 0) is 9.84 Å². The zero-order chi connectivity index (χ0) is 22.3. The molecule has 1 heterocycles. The third-order valence-corrected chi connectivity index (χ3v) is 5.37. The summed E-state index contributed by atoms with van der Waals surface area (Å²) in [4.78, 5) is 3.07. The first-order valence-corrected chi connectivity index (χ1v) is 10.3. The second kappa shape index (κ2) is 7.67. The average molecular weight is 443 g/mol. The van der Waals surface area contributed by atoms with Gasteiger partial charge in [-0.3, -0.25) is 4.98 Å². The predicted molar refractivity (Wildman–Crippen MR) is 99.6 cm³/mol. The Bertz CT molecular complexity index is 1220. The van der Waals surface area contributed by atoms with E-state index in [0.29, 0.717) is 12.1 Å². The summed E-state index contributed by atoms with van der Waals surface area (Å²) >= 11 is 0. The van der Waals surface area contributed by atoms with Crippen LogP contribution in [0.4, 0.5) is 22.0 Å². The first kappa shape index (κ1) is 21.7. The molecule has 3 aromatic rings. The van der Waals surface area contributed by atoms with E-state index >= 15 is 0 Å². The lowest BCUT2D eigenvalue weighted by Crippen LogP contribution is -2.17. The molecule has 0 N–H and O–H groups in total. The van der Waals surface area contributed by atoms with E-state index in [-0.39, 0.29) is 27.8 Å². The van der Waals surface area contributed by atoms with Crippen molar-refractivity contribution >= 4 is 9.84 Å². The fourth-order valence-corrected chi connectivity index (χ4v) is 3.61. The molecular formula is C20H14F5NO3S. The Morgan fingerprint density at radius 2 is 1.63 bits per heavy atom. The van der Waals surface area contributed by atoms with Crippen molar-refractivity contribution in [3.05, 3.63) is 66.0 Å². The van der Waals surface area contributed by atoms with Gasteiger partial charge in [-0.15, -0.1) is 13.2 Å². The molecule has 10 heteroatoms. The summed E-state index contributed by atoms with van der Waals surface area (Å²) in [6.07, 6.45) is -1.62. The van der Waals surface area contributed by atoms with Gasteiger partial charge in [-0.05, 0) is 47.9 Å².